The molecule has 0 unspecified atom stereocenters. The molecule has 0 atom stereocenters. The van der Waals surface area contributed by atoms with Crippen molar-refractivity contribution in [1.82, 2.24) is 20.2 Å². The molecule has 1 fully saturated rings. The molecule has 2 N–H and O–H groups in total. The Hall–Kier alpha value is -1.30. The summed E-state index contributed by atoms with van der Waals surface area (Å²) in [5, 5.41) is 3.25. The Bertz CT molecular complexity index is 623. The largest absolute Gasteiger partial charge is 0.342 e. The molecular weight excluding hydrogens is 323 g/mol. The fourth-order valence-corrected chi connectivity index (χ4v) is 2.64. The van der Waals surface area contributed by atoms with Crippen LogP contribution in [0.25, 0.3) is 11.0 Å². The highest BCUT2D eigenvalue weighted by atomic mass is 35.5. The number of hydrogen-bond donors (Lipinski definition) is 2. The lowest BCUT2D eigenvalue weighted by Crippen LogP contribution is -2.46. The van der Waals surface area contributed by atoms with Gasteiger partial charge in [0.15, 0.2) is 0 Å². The number of rotatable bonds is 3. The molecule has 5 nitrogen and oxygen atoms in total. The summed E-state index contributed by atoms with van der Waals surface area (Å²) in [7, 11) is 0. The molecule has 0 spiro atoms. The Kier molecular flexibility index (Phi) is 7.13. The van der Waals surface area contributed by atoms with Gasteiger partial charge in [-0.15, -0.1) is 24.8 Å². The number of para-hydroxylation sites is 1. The van der Waals surface area contributed by atoms with Gasteiger partial charge in [0.05, 0.1) is 11.0 Å². The van der Waals surface area contributed by atoms with Crippen molar-refractivity contribution in [3.8, 4) is 0 Å². The van der Waals surface area contributed by atoms with Crippen LogP contribution in [0.15, 0.2) is 18.2 Å². The normalized spacial score (nSPS) is 14.3. The van der Waals surface area contributed by atoms with E-state index < -0.39 is 0 Å². The minimum Gasteiger partial charge on any atom is -0.342 e. The minimum atomic E-state index is 0. The molecule has 22 heavy (non-hydrogen) atoms. The number of carbonyl (C=O) groups is 1. The van der Waals surface area contributed by atoms with Gasteiger partial charge in [0, 0.05) is 39.0 Å². The van der Waals surface area contributed by atoms with E-state index in [1.807, 2.05) is 17.0 Å². The maximum Gasteiger partial charge on any atom is 0.223 e. The fourth-order valence-electron chi connectivity index (χ4n) is 2.64. The Morgan fingerprint density at radius 3 is 2.68 bits per heavy atom. The van der Waals surface area contributed by atoms with E-state index in [9.17, 15) is 4.79 Å². The second-order valence-electron chi connectivity index (χ2n) is 5.29. The topological polar surface area (TPSA) is 61.0 Å². The average molecular weight is 345 g/mol. The number of fused-ring (bicyclic) bond motifs is 1. The summed E-state index contributed by atoms with van der Waals surface area (Å²) < 4.78 is 0. The van der Waals surface area contributed by atoms with Crippen LogP contribution in [0.4, 0.5) is 0 Å². The van der Waals surface area contributed by atoms with Crippen molar-refractivity contribution < 1.29 is 4.79 Å². The van der Waals surface area contributed by atoms with Crippen LogP contribution in [0.5, 0.6) is 0 Å². The van der Waals surface area contributed by atoms with Gasteiger partial charge in [-0.25, -0.2) is 4.98 Å². The number of aromatic nitrogens is 2. The Balaban J connectivity index is 0.00000121. The maximum absolute atomic E-state index is 12.1. The number of halogens is 2. The van der Waals surface area contributed by atoms with Gasteiger partial charge in [-0.3, -0.25) is 4.79 Å². The Morgan fingerprint density at radius 2 is 2.00 bits per heavy atom. The molecule has 1 aromatic heterocycles. The van der Waals surface area contributed by atoms with Crippen LogP contribution >= 0.6 is 24.8 Å². The van der Waals surface area contributed by atoms with E-state index in [0.717, 1.165) is 43.0 Å². The number of piperazine rings is 1. The lowest BCUT2D eigenvalue weighted by atomic mass is 10.2. The van der Waals surface area contributed by atoms with Crippen molar-refractivity contribution in [2.24, 2.45) is 0 Å². The van der Waals surface area contributed by atoms with Crippen molar-refractivity contribution in [3.05, 3.63) is 29.6 Å². The van der Waals surface area contributed by atoms with E-state index in [1.165, 1.54) is 5.56 Å². The zero-order valence-electron chi connectivity index (χ0n) is 12.6. The van der Waals surface area contributed by atoms with Gasteiger partial charge >= 0.3 is 0 Å². The van der Waals surface area contributed by atoms with Crippen molar-refractivity contribution in [3.63, 3.8) is 0 Å². The number of imidazole rings is 1. The number of aryl methyl sites for hydroxylation is 2. The van der Waals surface area contributed by atoms with Crippen molar-refractivity contribution in [2.45, 2.75) is 19.8 Å². The van der Waals surface area contributed by atoms with Crippen molar-refractivity contribution in [2.75, 3.05) is 26.2 Å². The van der Waals surface area contributed by atoms with Gasteiger partial charge in [-0.2, -0.15) is 0 Å². The molecule has 122 valence electrons. The van der Waals surface area contributed by atoms with Crippen LogP contribution in [-0.4, -0.2) is 47.0 Å². The summed E-state index contributed by atoms with van der Waals surface area (Å²) in [6, 6.07) is 6.10. The third-order valence-corrected chi connectivity index (χ3v) is 3.81. The monoisotopic (exact) mass is 344 g/mol. The molecule has 0 bridgehead atoms. The quantitative estimate of drug-likeness (QED) is 0.895. The minimum absolute atomic E-state index is 0. The highest BCUT2D eigenvalue weighted by Crippen LogP contribution is 2.16. The molecule has 1 aliphatic rings. The predicted octanol–water partition coefficient (Wildman–Crippen LogP) is 2.08. The van der Waals surface area contributed by atoms with Crippen LogP contribution in [0.1, 0.15) is 17.8 Å². The summed E-state index contributed by atoms with van der Waals surface area (Å²) in [4.78, 5) is 21.9. The van der Waals surface area contributed by atoms with Crippen LogP contribution in [-0.2, 0) is 11.2 Å². The highest BCUT2D eigenvalue weighted by molar-refractivity contribution is 5.85. The number of amides is 1. The molecule has 3 rings (SSSR count). The molecule has 1 saturated heterocycles. The standard InChI is InChI=1S/C15H20N4O.2ClH/c1-11-3-2-4-12-15(11)18-13(17-12)5-6-14(20)19-9-7-16-8-10-19;;/h2-4,16H,5-10H2,1H3,(H,17,18);2*1H. The molecule has 0 radical (unpaired) electrons. The maximum atomic E-state index is 12.1. The van der Waals surface area contributed by atoms with Gasteiger partial charge in [-0.1, -0.05) is 12.1 Å². The second-order valence-corrected chi connectivity index (χ2v) is 5.29. The first-order valence-electron chi connectivity index (χ1n) is 7.17. The number of hydrogen-bond acceptors (Lipinski definition) is 3. The SMILES string of the molecule is Cc1cccc2[nH]c(CCC(=O)N3CCNCC3)nc12.Cl.Cl. The number of nitrogens with one attached hydrogen (secondary N) is 2. The summed E-state index contributed by atoms with van der Waals surface area (Å²) in [5.41, 5.74) is 3.23. The van der Waals surface area contributed by atoms with E-state index in [4.69, 9.17) is 0 Å². The summed E-state index contributed by atoms with van der Waals surface area (Å²) in [6.07, 6.45) is 1.20. The van der Waals surface area contributed by atoms with Crippen LogP contribution in [0.3, 0.4) is 0 Å². The zero-order valence-corrected chi connectivity index (χ0v) is 14.2. The van der Waals surface area contributed by atoms with E-state index in [0.29, 0.717) is 12.8 Å². The van der Waals surface area contributed by atoms with E-state index in [1.54, 1.807) is 0 Å². The number of carbonyl (C=O) groups excluding carboxylic acids is 1. The summed E-state index contributed by atoms with van der Waals surface area (Å²) in [5.74, 6) is 1.13. The molecule has 7 heteroatoms. The Labute approximate surface area is 142 Å². The van der Waals surface area contributed by atoms with Gasteiger partial charge in [0.25, 0.3) is 0 Å². The van der Waals surface area contributed by atoms with E-state index in [-0.39, 0.29) is 30.7 Å². The first-order chi connectivity index (χ1) is 9.74. The number of nitrogens with zero attached hydrogens (tertiary/aromatic N) is 2. The number of H-pyrrole nitrogens is 1. The fraction of sp³-hybridized carbons (Fsp3) is 0.467. The summed E-state index contributed by atoms with van der Waals surface area (Å²) >= 11 is 0. The van der Waals surface area contributed by atoms with Gasteiger partial charge in [0.1, 0.15) is 5.82 Å². The van der Waals surface area contributed by atoms with Crippen molar-refractivity contribution in [1.29, 1.82) is 0 Å². The molecular formula is C15H22Cl2N4O. The van der Waals surface area contributed by atoms with E-state index >= 15 is 0 Å². The molecule has 0 aliphatic carbocycles. The van der Waals surface area contributed by atoms with Crippen molar-refractivity contribution >= 4 is 41.8 Å². The second kappa shape index (κ2) is 8.36. The highest BCUT2D eigenvalue weighted by Gasteiger charge is 2.16. The Morgan fingerprint density at radius 1 is 1.27 bits per heavy atom. The van der Waals surface area contributed by atoms with Gasteiger partial charge in [0.2, 0.25) is 5.91 Å². The lowest BCUT2D eigenvalue weighted by molar-refractivity contribution is -0.131. The third-order valence-electron chi connectivity index (χ3n) is 3.81. The zero-order chi connectivity index (χ0) is 13.9. The average Bonchev–Trinajstić information content (AvgIpc) is 2.90. The first kappa shape index (κ1) is 18.7. The first-order valence-corrected chi connectivity index (χ1v) is 7.17. The predicted molar refractivity (Wildman–Crippen MR) is 93.1 cm³/mol. The van der Waals surface area contributed by atoms with Crippen LogP contribution in [0, 0.1) is 6.92 Å². The number of benzene rings is 1. The molecule has 1 amide bonds. The van der Waals surface area contributed by atoms with Gasteiger partial charge in [-0.05, 0) is 18.6 Å². The molecule has 2 heterocycles. The van der Waals surface area contributed by atoms with Crippen LogP contribution in [0.2, 0.25) is 0 Å². The third kappa shape index (κ3) is 4.12. The molecule has 1 aliphatic heterocycles. The van der Waals surface area contributed by atoms with E-state index in [2.05, 4.69) is 28.3 Å². The number of aromatic amines is 1. The molecule has 1 aromatic carbocycles. The molecule has 0 saturated carbocycles. The molecule has 2 aromatic rings. The van der Waals surface area contributed by atoms with Gasteiger partial charge < -0.3 is 15.2 Å². The smallest absolute Gasteiger partial charge is 0.223 e. The lowest BCUT2D eigenvalue weighted by Gasteiger charge is -2.27. The summed E-state index contributed by atoms with van der Waals surface area (Å²) in [6.45, 7) is 5.49. The van der Waals surface area contributed by atoms with Crippen LogP contribution < -0.4 is 5.32 Å².